The van der Waals surface area contributed by atoms with Crippen molar-refractivity contribution in [2.24, 2.45) is 16.6 Å². The molecule has 0 aromatic heterocycles. The van der Waals surface area contributed by atoms with Crippen LogP contribution in [0.2, 0.25) is 7.87 Å². The third-order valence-corrected chi connectivity index (χ3v) is 13.7. The molecule has 0 spiro atoms. The molecule has 6 nitrogen and oxygen atoms in total. The van der Waals surface area contributed by atoms with E-state index in [-0.39, 0.29) is 5.96 Å². The van der Waals surface area contributed by atoms with Crippen LogP contribution in [-0.4, -0.2) is 38.5 Å². The molecule has 2 aliphatic rings. The van der Waals surface area contributed by atoms with Crippen molar-refractivity contribution in [1.82, 2.24) is 0 Å². The third-order valence-electron chi connectivity index (χ3n) is 4.50. The molecule has 0 atom stereocenters. The van der Waals surface area contributed by atoms with Crippen LogP contribution < -0.4 is 11.5 Å². The van der Waals surface area contributed by atoms with Crippen molar-refractivity contribution >= 4 is 33.5 Å². The Hall–Kier alpha value is -0.146. The van der Waals surface area contributed by atoms with Crippen LogP contribution in [0.1, 0.15) is 64.2 Å². The van der Waals surface area contributed by atoms with Crippen molar-refractivity contribution in [2.45, 2.75) is 72.1 Å². The van der Waals surface area contributed by atoms with Crippen LogP contribution in [0.15, 0.2) is 5.16 Å². The van der Waals surface area contributed by atoms with Crippen LogP contribution in [0.25, 0.3) is 0 Å². The number of rotatable bonds is 6. The summed E-state index contributed by atoms with van der Waals surface area (Å²) in [5.74, 6) is -0.196. The van der Waals surface area contributed by atoms with E-state index in [0.29, 0.717) is 7.87 Å². The molecule has 2 aliphatic carbocycles. The minimum absolute atomic E-state index is 0.196. The molecule has 0 aliphatic heterocycles. The van der Waals surface area contributed by atoms with Gasteiger partial charge in [0.15, 0.2) is 0 Å². The second-order valence-corrected chi connectivity index (χ2v) is 13.7. The molecular weight excluding hydrogens is 376 g/mol. The van der Waals surface area contributed by atoms with E-state index >= 15 is 0 Å². The monoisotopic (exact) mass is 404 g/mol. The molecule has 0 saturated heterocycles. The van der Waals surface area contributed by atoms with E-state index in [0.717, 1.165) is 0 Å². The van der Waals surface area contributed by atoms with Gasteiger partial charge in [0.2, 0.25) is 0 Å². The molecular formula is C13H27BN3O3Sn. The summed E-state index contributed by atoms with van der Waals surface area (Å²) in [7, 11) is -1.30. The van der Waals surface area contributed by atoms with E-state index in [1.807, 2.05) is 0 Å². The second kappa shape index (κ2) is 9.10. The van der Waals surface area contributed by atoms with Crippen LogP contribution in [0, 0.1) is 0 Å². The van der Waals surface area contributed by atoms with E-state index in [1.54, 1.807) is 0 Å². The summed E-state index contributed by atoms with van der Waals surface area (Å²) < 4.78 is 12.2. The SMILES string of the molecule is NC(N)=NOB(O)[O][Sn]([CH]1CCCCC1)[CH]1CCCCC1. The van der Waals surface area contributed by atoms with Crippen LogP contribution in [0.4, 0.5) is 0 Å². The van der Waals surface area contributed by atoms with Crippen LogP contribution in [0.5, 0.6) is 0 Å². The Labute approximate surface area is 135 Å². The maximum absolute atomic E-state index is 9.92. The van der Waals surface area contributed by atoms with Crippen LogP contribution in [-0.2, 0) is 7.75 Å². The van der Waals surface area contributed by atoms with Gasteiger partial charge in [-0.25, -0.2) is 0 Å². The van der Waals surface area contributed by atoms with Gasteiger partial charge in [-0.3, -0.25) is 0 Å². The standard InChI is InChI=1S/2C6H11.CH5BN3O3.Sn/c2*1-2-4-6-5-3-1;3-1(4)5-8-2(6)7;/h2*1H,2-6H2;6H,(H4,3,4,5);/q;;-1;+1. The molecule has 2 saturated carbocycles. The number of hydrogen-bond donors (Lipinski definition) is 3. The Bertz CT molecular complexity index is 315. The normalized spacial score (nSPS) is 21.2. The van der Waals surface area contributed by atoms with Crippen molar-refractivity contribution in [1.29, 1.82) is 0 Å². The van der Waals surface area contributed by atoms with Crippen LogP contribution in [0.3, 0.4) is 0 Å². The zero-order valence-corrected chi connectivity index (χ0v) is 15.5. The fraction of sp³-hybridized carbons (Fsp3) is 0.923. The molecule has 2 fully saturated rings. The summed E-state index contributed by atoms with van der Waals surface area (Å²) in [4.78, 5) is 0. The van der Waals surface area contributed by atoms with Crippen molar-refractivity contribution in [3.8, 4) is 0 Å². The van der Waals surface area contributed by atoms with Crippen molar-refractivity contribution in [2.75, 3.05) is 0 Å². The molecule has 2 rings (SSSR count). The molecule has 0 amide bonds. The topological polar surface area (TPSA) is 103 Å². The first kappa shape index (κ1) is 17.2. The van der Waals surface area contributed by atoms with Crippen molar-refractivity contribution in [3.63, 3.8) is 0 Å². The predicted molar refractivity (Wildman–Crippen MR) is 85.4 cm³/mol. The number of hydrogen-bond acceptors (Lipinski definition) is 4. The Balaban J connectivity index is 1.94. The molecule has 0 aromatic carbocycles. The first-order valence-corrected chi connectivity index (χ1v) is 12.6. The number of nitrogens with zero attached hydrogens (tertiary/aromatic N) is 1. The predicted octanol–water partition coefficient (Wildman–Crippen LogP) is 1.85. The Morgan fingerprint density at radius 2 is 1.43 bits per heavy atom. The summed E-state index contributed by atoms with van der Waals surface area (Å²) in [6.45, 7) is 0. The quantitative estimate of drug-likeness (QED) is 0.272. The van der Waals surface area contributed by atoms with Gasteiger partial charge in [-0.15, -0.1) is 0 Å². The first-order valence-electron chi connectivity index (χ1n) is 8.13. The maximum atomic E-state index is 9.92. The fourth-order valence-electron chi connectivity index (χ4n) is 3.54. The van der Waals surface area contributed by atoms with E-state index < -0.39 is 27.5 Å². The molecule has 21 heavy (non-hydrogen) atoms. The van der Waals surface area contributed by atoms with Gasteiger partial charge in [-0.2, -0.15) is 0 Å². The second-order valence-electron chi connectivity index (χ2n) is 6.12. The van der Waals surface area contributed by atoms with Gasteiger partial charge < -0.3 is 0 Å². The molecule has 5 N–H and O–H groups in total. The van der Waals surface area contributed by atoms with Crippen molar-refractivity contribution < 1.29 is 12.8 Å². The molecule has 1 radical (unpaired) electrons. The van der Waals surface area contributed by atoms with Gasteiger partial charge in [0.05, 0.1) is 0 Å². The van der Waals surface area contributed by atoms with Gasteiger partial charge in [-0.1, -0.05) is 0 Å². The average molecular weight is 403 g/mol. The molecule has 0 aromatic rings. The Morgan fingerprint density at radius 1 is 0.952 bits per heavy atom. The van der Waals surface area contributed by atoms with E-state index in [1.165, 1.54) is 64.2 Å². The summed E-state index contributed by atoms with van der Waals surface area (Å²) >= 11 is -2.21. The zero-order valence-electron chi connectivity index (χ0n) is 12.7. The van der Waals surface area contributed by atoms with Gasteiger partial charge in [-0.05, 0) is 0 Å². The third kappa shape index (κ3) is 5.86. The van der Waals surface area contributed by atoms with Gasteiger partial charge >= 0.3 is 135 Å². The Morgan fingerprint density at radius 3 is 1.86 bits per heavy atom. The van der Waals surface area contributed by atoms with Crippen molar-refractivity contribution in [3.05, 3.63) is 0 Å². The van der Waals surface area contributed by atoms with E-state index in [9.17, 15) is 5.02 Å². The van der Waals surface area contributed by atoms with E-state index in [4.69, 9.17) is 19.2 Å². The summed E-state index contributed by atoms with van der Waals surface area (Å²) in [5, 5.41) is 13.3. The fourth-order valence-corrected chi connectivity index (χ4v) is 12.9. The summed E-state index contributed by atoms with van der Waals surface area (Å²) in [6.07, 6.45) is 12.9. The number of guanidine groups is 1. The van der Waals surface area contributed by atoms with Gasteiger partial charge in [0.1, 0.15) is 0 Å². The zero-order chi connectivity index (χ0) is 15.1. The van der Waals surface area contributed by atoms with Gasteiger partial charge in [0, 0.05) is 0 Å². The van der Waals surface area contributed by atoms with E-state index in [2.05, 4.69) is 5.16 Å². The van der Waals surface area contributed by atoms with Crippen LogP contribution >= 0.6 is 0 Å². The molecule has 0 heterocycles. The number of oxime groups is 1. The average Bonchev–Trinajstić information content (AvgIpc) is 2.52. The molecule has 119 valence electrons. The molecule has 0 bridgehead atoms. The summed E-state index contributed by atoms with van der Waals surface area (Å²) in [5.41, 5.74) is 10.4. The van der Waals surface area contributed by atoms with Gasteiger partial charge in [0.25, 0.3) is 0 Å². The minimum atomic E-state index is -2.21. The Kier molecular flexibility index (Phi) is 7.46. The first-order chi connectivity index (χ1) is 10.2. The summed E-state index contributed by atoms with van der Waals surface area (Å²) in [6, 6.07) is 0. The number of nitrogens with two attached hydrogens (primary N) is 2. The molecule has 0 unspecified atom stereocenters. The molecule has 8 heteroatoms.